The summed E-state index contributed by atoms with van der Waals surface area (Å²) >= 11 is 0. The predicted octanol–water partition coefficient (Wildman–Crippen LogP) is 2.19. The summed E-state index contributed by atoms with van der Waals surface area (Å²) in [6.45, 7) is 9.93. The van der Waals surface area contributed by atoms with Crippen LogP contribution in [0.25, 0.3) is 0 Å². The average Bonchev–Trinajstić information content (AvgIpc) is 2.27. The van der Waals surface area contributed by atoms with Crippen molar-refractivity contribution in [1.82, 2.24) is 10.2 Å². The van der Waals surface area contributed by atoms with Crippen molar-refractivity contribution in [3.8, 4) is 0 Å². The van der Waals surface area contributed by atoms with Crippen molar-refractivity contribution in [3.05, 3.63) is 12.7 Å². The van der Waals surface area contributed by atoms with Gasteiger partial charge >= 0.3 is 0 Å². The Morgan fingerprint density at radius 2 is 1.94 bits per heavy atom. The monoisotopic (exact) mass is 226 g/mol. The Morgan fingerprint density at radius 1 is 1.44 bits per heavy atom. The highest BCUT2D eigenvalue weighted by Gasteiger charge is 2.29. The van der Waals surface area contributed by atoms with Gasteiger partial charge in [-0.25, -0.2) is 0 Å². The largest absolute Gasteiger partial charge is 0.347 e. The highest BCUT2D eigenvalue weighted by atomic mass is 16.1. The molecule has 0 heterocycles. The minimum atomic E-state index is -0.102. The van der Waals surface area contributed by atoms with Crippen molar-refractivity contribution in [2.75, 3.05) is 14.1 Å². The molecule has 3 heteroatoms. The maximum atomic E-state index is 11.5. The van der Waals surface area contributed by atoms with E-state index in [0.29, 0.717) is 6.04 Å². The smallest absolute Gasteiger partial charge is 0.243 e. The van der Waals surface area contributed by atoms with Gasteiger partial charge in [0.1, 0.15) is 0 Å². The zero-order chi connectivity index (χ0) is 12.8. The van der Waals surface area contributed by atoms with E-state index in [1.807, 2.05) is 0 Å². The van der Waals surface area contributed by atoms with Gasteiger partial charge in [0.25, 0.3) is 0 Å². The summed E-state index contributed by atoms with van der Waals surface area (Å²) in [7, 11) is 4.13. The van der Waals surface area contributed by atoms with Gasteiger partial charge in [0.05, 0.1) is 0 Å². The molecule has 1 amide bonds. The highest BCUT2D eigenvalue weighted by Crippen LogP contribution is 2.23. The van der Waals surface area contributed by atoms with E-state index in [4.69, 9.17) is 0 Å². The van der Waals surface area contributed by atoms with E-state index in [0.717, 1.165) is 19.3 Å². The molecule has 0 radical (unpaired) electrons. The van der Waals surface area contributed by atoms with Gasteiger partial charge in [-0.15, -0.1) is 0 Å². The molecule has 0 spiro atoms. The van der Waals surface area contributed by atoms with Crippen LogP contribution in [0, 0.1) is 0 Å². The first kappa shape index (κ1) is 15.2. The minimum Gasteiger partial charge on any atom is -0.347 e. The first-order valence-corrected chi connectivity index (χ1v) is 6.01. The molecule has 1 N–H and O–H groups in total. The topological polar surface area (TPSA) is 32.3 Å². The normalized spacial score (nSPS) is 13.6. The van der Waals surface area contributed by atoms with E-state index < -0.39 is 0 Å². The lowest BCUT2D eigenvalue weighted by molar-refractivity contribution is -0.118. The Bertz CT molecular complexity index is 232. The second kappa shape index (κ2) is 6.69. The second-order valence-electron chi connectivity index (χ2n) is 4.70. The molecule has 1 atom stereocenters. The van der Waals surface area contributed by atoms with Crippen LogP contribution >= 0.6 is 0 Å². The van der Waals surface area contributed by atoms with E-state index in [9.17, 15) is 4.79 Å². The number of hydrogen-bond donors (Lipinski definition) is 1. The molecular formula is C13H26N2O. The van der Waals surface area contributed by atoms with Crippen LogP contribution in [-0.2, 0) is 4.79 Å². The Kier molecular flexibility index (Phi) is 6.34. The Hall–Kier alpha value is -0.830. The van der Waals surface area contributed by atoms with Crippen molar-refractivity contribution >= 4 is 5.91 Å². The molecule has 16 heavy (non-hydrogen) atoms. The van der Waals surface area contributed by atoms with E-state index in [-0.39, 0.29) is 11.4 Å². The number of nitrogens with one attached hydrogen (secondary N) is 1. The Morgan fingerprint density at radius 3 is 2.25 bits per heavy atom. The third kappa shape index (κ3) is 4.35. The van der Waals surface area contributed by atoms with Gasteiger partial charge < -0.3 is 10.2 Å². The summed E-state index contributed by atoms with van der Waals surface area (Å²) in [6.07, 6.45) is 4.20. The molecule has 0 aromatic carbocycles. The molecule has 94 valence electrons. The quantitative estimate of drug-likeness (QED) is 0.675. The summed E-state index contributed by atoms with van der Waals surface area (Å²) in [6, 6.07) is 0.449. The summed E-state index contributed by atoms with van der Waals surface area (Å²) in [5, 5.41) is 3.08. The predicted molar refractivity (Wildman–Crippen MR) is 69.4 cm³/mol. The number of carbonyl (C=O) groups excluding carboxylic acids is 1. The zero-order valence-electron chi connectivity index (χ0n) is 11.3. The average molecular weight is 226 g/mol. The fraction of sp³-hybridized carbons (Fsp3) is 0.769. The van der Waals surface area contributed by atoms with Crippen LogP contribution in [-0.4, -0.2) is 36.5 Å². The molecule has 0 aromatic rings. The minimum absolute atomic E-state index is 0.0744. The van der Waals surface area contributed by atoms with Crippen LogP contribution in [0.1, 0.15) is 40.0 Å². The highest BCUT2D eigenvalue weighted by molar-refractivity contribution is 5.87. The molecule has 0 saturated carbocycles. The Labute approximate surface area is 99.9 Å². The third-order valence-corrected chi connectivity index (χ3v) is 3.50. The van der Waals surface area contributed by atoms with E-state index in [2.05, 4.69) is 51.7 Å². The molecule has 0 aromatic heterocycles. The van der Waals surface area contributed by atoms with Gasteiger partial charge in [0.2, 0.25) is 5.91 Å². The molecule has 0 saturated heterocycles. The molecule has 0 aliphatic carbocycles. The van der Waals surface area contributed by atoms with Crippen LogP contribution in [0.4, 0.5) is 0 Å². The summed E-state index contributed by atoms with van der Waals surface area (Å²) in [4.78, 5) is 13.6. The first-order chi connectivity index (χ1) is 7.40. The van der Waals surface area contributed by atoms with Gasteiger partial charge in [-0.3, -0.25) is 4.79 Å². The summed E-state index contributed by atoms with van der Waals surface area (Å²) in [5.41, 5.74) is -0.102. The fourth-order valence-electron chi connectivity index (χ4n) is 1.83. The van der Waals surface area contributed by atoms with Gasteiger partial charge in [0.15, 0.2) is 0 Å². The van der Waals surface area contributed by atoms with E-state index >= 15 is 0 Å². The van der Waals surface area contributed by atoms with E-state index in [1.165, 1.54) is 6.08 Å². The van der Waals surface area contributed by atoms with Crippen LogP contribution in [0.3, 0.4) is 0 Å². The number of nitrogens with zero attached hydrogens (tertiary/aromatic N) is 1. The van der Waals surface area contributed by atoms with Crippen LogP contribution in [0.2, 0.25) is 0 Å². The second-order valence-corrected chi connectivity index (χ2v) is 4.70. The van der Waals surface area contributed by atoms with Gasteiger partial charge in [0, 0.05) is 11.6 Å². The standard InChI is InChI=1S/C13H26N2O/c1-7-12(16)14-13(8-2,9-3)10-11(4)15(5)6/h7,11H,1,8-10H2,2-6H3,(H,14,16). The van der Waals surface area contributed by atoms with Crippen molar-refractivity contribution in [1.29, 1.82) is 0 Å². The lowest BCUT2D eigenvalue weighted by Gasteiger charge is -2.37. The molecule has 1 unspecified atom stereocenters. The van der Waals surface area contributed by atoms with Crippen molar-refractivity contribution in [2.45, 2.75) is 51.6 Å². The Balaban J connectivity index is 4.67. The number of rotatable bonds is 7. The molecule has 0 aliphatic heterocycles. The van der Waals surface area contributed by atoms with Gasteiger partial charge in [-0.1, -0.05) is 20.4 Å². The molecule has 0 bridgehead atoms. The molecule has 0 fully saturated rings. The first-order valence-electron chi connectivity index (χ1n) is 6.01. The van der Waals surface area contributed by atoms with E-state index in [1.54, 1.807) is 0 Å². The van der Waals surface area contributed by atoms with Crippen molar-refractivity contribution < 1.29 is 4.79 Å². The lowest BCUT2D eigenvalue weighted by Crippen LogP contribution is -2.50. The molecule has 0 aliphatic rings. The van der Waals surface area contributed by atoms with Crippen LogP contribution < -0.4 is 5.32 Å². The molecule has 0 rings (SSSR count). The maximum absolute atomic E-state index is 11.5. The summed E-state index contributed by atoms with van der Waals surface area (Å²) in [5.74, 6) is -0.0744. The van der Waals surface area contributed by atoms with Crippen LogP contribution in [0.5, 0.6) is 0 Å². The van der Waals surface area contributed by atoms with Gasteiger partial charge in [-0.2, -0.15) is 0 Å². The number of hydrogen-bond acceptors (Lipinski definition) is 2. The molecular weight excluding hydrogens is 200 g/mol. The van der Waals surface area contributed by atoms with Crippen molar-refractivity contribution in [2.24, 2.45) is 0 Å². The summed E-state index contributed by atoms with van der Waals surface area (Å²) < 4.78 is 0. The SMILES string of the molecule is C=CC(=O)NC(CC)(CC)CC(C)N(C)C. The molecule has 3 nitrogen and oxygen atoms in total. The number of carbonyl (C=O) groups is 1. The lowest BCUT2D eigenvalue weighted by atomic mass is 9.85. The van der Waals surface area contributed by atoms with Crippen molar-refractivity contribution in [3.63, 3.8) is 0 Å². The zero-order valence-corrected chi connectivity index (χ0v) is 11.3. The third-order valence-electron chi connectivity index (χ3n) is 3.50. The van der Waals surface area contributed by atoms with Gasteiger partial charge in [-0.05, 0) is 46.4 Å². The van der Waals surface area contributed by atoms with Crippen LogP contribution in [0.15, 0.2) is 12.7 Å². The maximum Gasteiger partial charge on any atom is 0.243 e. The fourth-order valence-corrected chi connectivity index (χ4v) is 1.83. The number of amides is 1.